The summed E-state index contributed by atoms with van der Waals surface area (Å²) in [7, 11) is 0. The first-order valence-corrected chi connectivity index (χ1v) is 8.50. The van der Waals surface area contributed by atoms with Gasteiger partial charge in [0.2, 0.25) is 5.91 Å². The van der Waals surface area contributed by atoms with Crippen LogP contribution in [0.5, 0.6) is 0 Å². The van der Waals surface area contributed by atoms with Crippen molar-refractivity contribution in [1.29, 1.82) is 0 Å². The fourth-order valence-corrected chi connectivity index (χ4v) is 4.24. The quantitative estimate of drug-likeness (QED) is 0.849. The van der Waals surface area contributed by atoms with Crippen LogP contribution in [0.2, 0.25) is 0 Å². The van der Waals surface area contributed by atoms with Gasteiger partial charge in [-0.3, -0.25) is 9.59 Å². The van der Waals surface area contributed by atoms with Crippen molar-refractivity contribution in [3.63, 3.8) is 0 Å². The minimum atomic E-state index is -0.422. The van der Waals surface area contributed by atoms with Crippen LogP contribution in [0.3, 0.4) is 0 Å². The van der Waals surface area contributed by atoms with Crippen molar-refractivity contribution in [2.75, 3.05) is 11.4 Å². The Morgan fingerprint density at radius 1 is 1.26 bits per heavy atom. The molecule has 2 amide bonds. The molecule has 1 aromatic carbocycles. The molecule has 6 heteroatoms. The second-order valence-electron chi connectivity index (χ2n) is 5.88. The van der Waals surface area contributed by atoms with E-state index in [1.807, 2.05) is 21.7 Å². The van der Waals surface area contributed by atoms with Crippen LogP contribution in [-0.2, 0) is 4.79 Å². The summed E-state index contributed by atoms with van der Waals surface area (Å²) in [5.41, 5.74) is 1.25. The van der Waals surface area contributed by atoms with Crippen LogP contribution in [0.15, 0.2) is 41.1 Å². The van der Waals surface area contributed by atoms with E-state index in [0.717, 1.165) is 12.1 Å². The molecular formula is C17H15FN2O2S. The summed E-state index contributed by atoms with van der Waals surface area (Å²) >= 11 is 1.55. The highest BCUT2D eigenvalue weighted by Crippen LogP contribution is 2.37. The van der Waals surface area contributed by atoms with Gasteiger partial charge in [0.15, 0.2) is 0 Å². The molecular weight excluding hydrogens is 315 g/mol. The molecule has 0 radical (unpaired) electrons. The SMILES string of the molecule is O=C(c1cccc(F)c1)N1CC[C@H]2[C@H]1CC(=O)N2c1ccsc1. The van der Waals surface area contributed by atoms with Crippen molar-refractivity contribution in [3.05, 3.63) is 52.5 Å². The number of likely N-dealkylation sites (tertiary alicyclic amines) is 1. The summed E-state index contributed by atoms with van der Waals surface area (Å²) in [6.07, 6.45) is 1.09. The molecule has 2 aliphatic heterocycles. The van der Waals surface area contributed by atoms with Gasteiger partial charge in [-0.1, -0.05) is 6.07 Å². The maximum absolute atomic E-state index is 13.4. The molecule has 0 spiro atoms. The Kier molecular flexibility index (Phi) is 3.41. The van der Waals surface area contributed by atoms with E-state index in [1.54, 1.807) is 22.3 Å². The van der Waals surface area contributed by atoms with Crippen LogP contribution in [-0.4, -0.2) is 35.3 Å². The Bertz CT molecular complexity index is 762. The summed E-state index contributed by atoms with van der Waals surface area (Å²) in [5, 5.41) is 3.90. The number of hydrogen-bond donors (Lipinski definition) is 0. The van der Waals surface area contributed by atoms with E-state index in [4.69, 9.17) is 0 Å². The number of benzene rings is 1. The zero-order chi connectivity index (χ0) is 16.0. The summed E-state index contributed by atoms with van der Waals surface area (Å²) in [4.78, 5) is 28.6. The average molecular weight is 330 g/mol. The normalized spacial score (nSPS) is 23.4. The number of thiophene rings is 1. The molecule has 0 N–H and O–H groups in total. The largest absolute Gasteiger partial charge is 0.333 e. The molecule has 2 aliphatic rings. The second-order valence-corrected chi connectivity index (χ2v) is 6.66. The Balaban J connectivity index is 1.60. The summed E-state index contributed by atoms with van der Waals surface area (Å²) in [6.45, 7) is 0.596. The lowest BCUT2D eigenvalue weighted by atomic mass is 10.1. The number of anilines is 1. The fourth-order valence-electron chi connectivity index (χ4n) is 3.62. The van der Waals surface area contributed by atoms with Crippen LogP contribution >= 0.6 is 11.3 Å². The molecule has 0 saturated carbocycles. The first-order valence-electron chi connectivity index (χ1n) is 7.56. The number of carbonyl (C=O) groups is 2. The second kappa shape index (κ2) is 5.45. The minimum absolute atomic E-state index is 0.0228. The molecule has 4 rings (SSSR count). The van der Waals surface area contributed by atoms with Gasteiger partial charge in [0.1, 0.15) is 5.82 Å². The average Bonchev–Trinajstić information content (AvgIpc) is 3.23. The highest BCUT2D eigenvalue weighted by Gasteiger charge is 2.49. The van der Waals surface area contributed by atoms with Gasteiger partial charge in [-0.25, -0.2) is 4.39 Å². The molecule has 4 nitrogen and oxygen atoms in total. The standard InChI is InChI=1S/C17H15FN2O2S/c18-12-3-1-2-11(8-12)17(22)19-6-4-14-15(19)9-16(21)20(14)13-5-7-23-10-13/h1-3,5,7-8,10,14-15H,4,6,9H2/t14-,15+/m0/s1. The number of halogens is 1. The lowest BCUT2D eigenvalue weighted by Gasteiger charge is -2.25. The van der Waals surface area contributed by atoms with E-state index in [1.165, 1.54) is 18.2 Å². The lowest BCUT2D eigenvalue weighted by molar-refractivity contribution is -0.117. The summed E-state index contributed by atoms with van der Waals surface area (Å²) < 4.78 is 13.4. The van der Waals surface area contributed by atoms with Crippen molar-refractivity contribution >= 4 is 28.8 Å². The first-order chi connectivity index (χ1) is 11.1. The zero-order valence-corrected chi connectivity index (χ0v) is 13.1. The van der Waals surface area contributed by atoms with Gasteiger partial charge in [-0.2, -0.15) is 11.3 Å². The first kappa shape index (κ1) is 14.4. The molecule has 1 aromatic heterocycles. The van der Waals surface area contributed by atoms with Crippen LogP contribution in [0.1, 0.15) is 23.2 Å². The van der Waals surface area contributed by atoms with Crippen molar-refractivity contribution in [2.24, 2.45) is 0 Å². The number of carbonyl (C=O) groups excluding carboxylic acids is 2. The molecule has 2 atom stereocenters. The van der Waals surface area contributed by atoms with Crippen LogP contribution in [0.4, 0.5) is 10.1 Å². The third kappa shape index (κ3) is 2.34. The van der Waals surface area contributed by atoms with Gasteiger partial charge < -0.3 is 9.80 Å². The van der Waals surface area contributed by atoms with E-state index < -0.39 is 5.82 Å². The predicted molar refractivity (Wildman–Crippen MR) is 86.1 cm³/mol. The summed E-state index contributed by atoms with van der Waals surface area (Å²) in [6, 6.07) is 7.55. The summed E-state index contributed by atoms with van der Waals surface area (Å²) in [5.74, 6) is -0.568. The molecule has 0 unspecified atom stereocenters. The van der Waals surface area contributed by atoms with Gasteiger partial charge in [0, 0.05) is 23.9 Å². The van der Waals surface area contributed by atoms with Gasteiger partial charge in [-0.05, 0) is 36.1 Å². The highest BCUT2D eigenvalue weighted by molar-refractivity contribution is 7.08. The number of amides is 2. The molecule has 2 aromatic rings. The molecule has 118 valence electrons. The third-order valence-electron chi connectivity index (χ3n) is 4.61. The molecule has 2 fully saturated rings. The van der Waals surface area contributed by atoms with Gasteiger partial charge in [-0.15, -0.1) is 0 Å². The monoisotopic (exact) mass is 330 g/mol. The maximum atomic E-state index is 13.4. The van der Waals surface area contributed by atoms with Crippen LogP contribution < -0.4 is 4.90 Å². The zero-order valence-electron chi connectivity index (χ0n) is 12.3. The molecule has 23 heavy (non-hydrogen) atoms. The van der Waals surface area contributed by atoms with Crippen molar-refractivity contribution in [2.45, 2.75) is 24.9 Å². The molecule has 0 bridgehead atoms. The Morgan fingerprint density at radius 3 is 2.87 bits per heavy atom. The molecule has 0 aliphatic carbocycles. The van der Waals surface area contributed by atoms with Crippen LogP contribution in [0, 0.1) is 5.82 Å². The molecule has 3 heterocycles. The minimum Gasteiger partial charge on any atom is -0.333 e. The van der Waals surface area contributed by atoms with Gasteiger partial charge in [0.05, 0.1) is 17.8 Å². The number of nitrogens with zero attached hydrogens (tertiary/aromatic N) is 2. The third-order valence-corrected chi connectivity index (χ3v) is 5.28. The topological polar surface area (TPSA) is 40.6 Å². The van der Waals surface area contributed by atoms with Gasteiger partial charge in [0.25, 0.3) is 5.91 Å². The van der Waals surface area contributed by atoms with E-state index in [2.05, 4.69) is 0 Å². The number of rotatable bonds is 2. The van der Waals surface area contributed by atoms with Crippen LogP contribution in [0.25, 0.3) is 0 Å². The van der Waals surface area contributed by atoms with Gasteiger partial charge >= 0.3 is 0 Å². The Morgan fingerprint density at radius 2 is 2.13 bits per heavy atom. The Hall–Kier alpha value is -2.21. The van der Waals surface area contributed by atoms with E-state index in [0.29, 0.717) is 18.5 Å². The lowest BCUT2D eigenvalue weighted by Crippen LogP contribution is -2.39. The smallest absolute Gasteiger partial charge is 0.254 e. The number of fused-ring (bicyclic) bond motifs is 1. The maximum Gasteiger partial charge on any atom is 0.254 e. The van der Waals surface area contributed by atoms with Crippen molar-refractivity contribution in [1.82, 2.24) is 4.90 Å². The Labute approximate surface area is 137 Å². The van der Waals surface area contributed by atoms with Crippen molar-refractivity contribution < 1.29 is 14.0 Å². The van der Waals surface area contributed by atoms with Crippen molar-refractivity contribution in [3.8, 4) is 0 Å². The van der Waals surface area contributed by atoms with E-state index in [9.17, 15) is 14.0 Å². The van der Waals surface area contributed by atoms with E-state index >= 15 is 0 Å². The molecule has 2 saturated heterocycles. The fraction of sp³-hybridized carbons (Fsp3) is 0.294. The number of hydrogen-bond acceptors (Lipinski definition) is 3. The predicted octanol–water partition coefficient (Wildman–Crippen LogP) is 2.91. The van der Waals surface area contributed by atoms with E-state index in [-0.39, 0.29) is 23.9 Å². The highest BCUT2D eigenvalue weighted by atomic mass is 32.1.